The number of anilines is 1. The molecule has 0 aromatic heterocycles. The predicted molar refractivity (Wildman–Crippen MR) is 72.9 cm³/mol. The highest BCUT2D eigenvalue weighted by atomic mass is 16.5. The molecule has 1 unspecified atom stereocenters. The van der Waals surface area contributed by atoms with E-state index in [0.717, 1.165) is 11.4 Å². The second-order valence-corrected chi connectivity index (χ2v) is 4.02. The van der Waals surface area contributed by atoms with Crippen molar-refractivity contribution in [1.29, 1.82) is 0 Å². The average Bonchev–Trinajstić information content (AvgIpc) is 2.45. The molecule has 2 N–H and O–H groups in total. The van der Waals surface area contributed by atoms with Gasteiger partial charge in [-0.05, 0) is 24.3 Å². The molecule has 0 aliphatic rings. The van der Waals surface area contributed by atoms with E-state index < -0.39 is 6.10 Å². The summed E-state index contributed by atoms with van der Waals surface area (Å²) in [6.45, 7) is 0.751. The number of aliphatic hydroxyl groups excluding tert-OH is 1. The highest BCUT2D eigenvalue weighted by Crippen LogP contribution is 2.09. The summed E-state index contributed by atoms with van der Waals surface area (Å²) < 4.78 is 5.47. The lowest BCUT2D eigenvalue weighted by atomic mass is 10.3. The van der Waals surface area contributed by atoms with Crippen LogP contribution in [0.15, 0.2) is 60.7 Å². The van der Waals surface area contributed by atoms with Crippen LogP contribution in [-0.4, -0.2) is 24.4 Å². The van der Waals surface area contributed by atoms with Crippen LogP contribution in [0, 0.1) is 0 Å². The van der Waals surface area contributed by atoms with Crippen molar-refractivity contribution in [3.8, 4) is 5.75 Å². The smallest absolute Gasteiger partial charge is 0.119 e. The van der Waals surface area contributed by atoms with E-state index in [4.69, 9.17) is 4.74 Å². The van der Waals surface area contributed by atoms with Crippen molar-refractivity contribution in [2.75, 3.05) is 18.5 Å². The van der Waals surface area contributed by atoms with E-state index in [9.17, 15) is 5.11 Å². The van der Waals surface area contributed by atoms with Gasteiger partial charge in [0.15, 0.2) is 0 Å². The van der Waals surface area contributed by atoms with E-state index >= 15 is 0 Å². The lowest BCUT2D eigenvalue weighted by Gasteiger charge is -2.13. The van der Waals surface area contributed by atoms with E-state index in [1.54, 1.807) is 0 Å². The molecule has 2 aromatic carbocycles. The number of hydrogen-bond donors (Lipinski definition) is 2. The Kier molecular flexibility index (Phi) is 4.61. The van der Waals surface area contributed by atoms with Crippen LogP contribution in [0.3, 0.4) is 0 Å². The number of ether oxygens (including phenoxy) is 1. The highest BCUT2D eigenvalue weighted by molar-refractivity contribution is 5.42. The first kappa shape index (κ1) is 12.5. The van der Waals surface area contributed by atoms with E-state index in [1.807, 2.05) is 60.7 Å². The van der Waals surface area contributed by atoms with Crippen molar-refractivity contribution in [2.45, 2.75) is 6.10 Å². The molecule has 0 fully saturated rings. The van der Waals surface area contributed by atoms with Crippen molar-refractivity contribution >= 4 is 5.69 Å². The van der Waals surface area contributed by atoms with Crippen molar-refractivity contribution in [3.05, 3.63) is 60.7 Å². The van der Waals surface area contributed by atoms with Gasteiger partial charge in [-0.25, -0.2) is 0 Å². The van der Waals surface area contributed by atoms with Crippen LogP contribution in [0.25, 0.3) is 0 Å². The van der Waals surface area contributed by atoms with Crippen molar-refractivity contribution in [3.63, 3.8) is 0 Å². The summed E-state index contributed by atoms with van der Waals surface area (Å²) >= 11 is 0. The Morgan fingerprint density at radius 3 is 2.22 bits per heavy atom. The SMILES string of the molecule is OC(CNc1ccccc1)COc1ccccc1. The van der Waals surface area contributed by atoms with Gasteiger partial charge < -0.3 is 15.2 Å². The summed E-state index contributed by atoms with van der Waals surface area (Å²) in [6, 6.07) is 19.3. The molecule has 0 aliphatic carbocycles. The van der Waals surface area contributed by atoms with E-state index in [1.165, 1.54) is 0 Å². The molecule has 0 aliphatic heterocycles. The van der Waals surface area contributed by atoms with Gasteiger partial charge in [-0.15, -0.1) is 0 Å². The quantitative estimate of drug-likeness (QED) is 0.819. The Hall–Kier alpha value is -2.00. The number of hydrogen-bond acceptors (Lipinski definition) is 3. The van der Waals surface area contributed by atoms with E-state index in [0.29, 0.717) is 6.54 Å². The molecule has 0 bridgehead atoms. The fraction of sp³-hybridized carbons (Fsp3) is 0.200. The van der Waals surface area contributed by atoms with Crippen molar-refractivity contribution in [2.24, 2.45) is 0 Å². The molecule has 0 heterocycles. The molecular weight excluding hydrogens is 226 g/mol. The van der Waals surface area contributed by atoms with Crippen LogP contribution < -0.4 is 10.1 Å². The Morgan fingerprint density at radius 1 is 0.944 bits per heavy atom. The topological polar surface area (TPSA) is 41.5 Å². The zero-order chi connectivity index (χ0) is 12.6. The maximum Gasteiger partial charge on any atom is 0.119 e. The van der Waals surface area contributed by atoms with E-state index in [2.05, 4.69) is 5.32 Å². The second kappa shape index (κ2) is 6.67. The van der Waals surface area contributed by atoms with Gasteiger partial charge in [-0.3, -0.25) is 0 Å². The summed E-state index contributed by atoms with van der Waals surface area (Å²) in [5.74, 6) is 0.774. The Bertz CT molecular complexity index is 401. The second-order valence-electron chi connectivity index (χ2n) is 4.02. The molecule has 18 heavy (non-hydrogen) atoms. The fourth-order valence-corrected chi connectivity index (χ4v) is 1.56. The van der Waals surface area contributed by atoms with Gasteiger partial charge in [0.05, 0.1) is 0 Å². The zero-order valence-electron chi connectivity index (χ0n) is 10.1. The van der Waals surface area contributed by atoms with Crippen LogP contribution in [0.4, 0.5) is 5.69 Å². The minimum absolute atomic E-state index is 0.282. The molecule has 94 valence electrons. The van der Waals surface area contributed by atoms with Gasteiger partial charge in [0.1, 0.15) is 18.5 Å². The molecule has 2 rings (SSSR count). The van der Waals surface area contributed by atoms with Crippen molar-refractivity contribution in [1.82, 2.24) is 0 Å². The van der Waals surface area contributed by atoms with Crippen molar-refractivity contribution < 1.29 is 9.84 Å². The lowest BCUT2D eigenvalue weighted by Crippen LogP contribution is -2.26. The third-order valence-electron chi connectivity index (χ3n) is 2.50. The molecule has 0 saturated carbocycles. The molecule has 2 aromatic rings. The molecular formula is C15H17NO2. The Balaban J connectivity index is 1.71. The average molecular weight is 243 g/mol. The maximum absolute atomic E-state index is 9.78. The molecule has 1 atom stereocenters. The van der Waals surface area contributed by atoms with Crippen LogP contribution in [0.5, 0.6) is 5.75 Å². The third kappa shape index (κ3) is 4.11. The normalized spacial score (nSPS) is 11.8. The number of rotatable bonds is 6. The first-order valence-corrected chi connectivity index (χ1v) is 5.99. The third-order valence-corrected chi connectivity index (χ3v) is 2.50. The fourth-order valence-electron chi connectivity index (χ4n) is 1.56. The summed E-state index contributed by atoms with van der Waals surface area (Å²) in [4.78, 5) is 0. The highest BCUT2D eigenvalue weighted by Gasteiger charge is 2.04. The summed E-state index contributed by atoms with van der Waals surface area (Å²) in [5, 5.41) is 12.9. The molecule has 3 nitrogen and oxygen atoms in total. The van der Waals surface area contributed by atoms with Gasteiger partial charge in [0.25, 0.3) is 0 Å². The van der Waals surface area contributed by atoms with Crippen LogP contribution in [0.1, 0.15) is 0 Å². The van der Waals surface area contributed by atoms with E-state index in [-0.39, 0.29) is 6.61 Å². The minimum Gasteiger partial charge on any atom is -0.491 e. The predicted octanol–water partition coefficient (Wildman–Crippen LogP) is 2.54. The molecule has 0 radical (unpaired) electrons. The maximum atomic E-state index is 9.78. The minimum atomic E-state index is -0.537. The number of benzene rings is 2. The Labute approximate surface area is 107 Å². The van der Waals surface area contributed by atoms with Gasteiger partial charge in [0.2, 0.25) is 0 Å². The van der Waals surface area contributed by atoms with Crippen LogP contribution in [-0.2, 0) is 0 Å². The number of para-hydroxylation sites is 2. The first-order valence-electron chi connectivity index (χ1n) is 5.99. The first-order chi connectivity index (χ1) is 8.84. The number of aliphatic hydroxyl groups is 1. The zero-order valence-corrected chi connectivity index (χ0v) is 10.1. The Morgan fingerprint density at radius 2 is 1.56 bits per heavy atom. The monoisotopic (exact) mass is 243 g/mol. The molecule has 0 amide bonds. The lowest BCUT2D eigenvalue weighted by molar-refractivity contribution is 0.117. The number of nitrogens with one attached hydrogen (secondary N) is 1. The summed E-state index contributed by atoms with van der Waals surface area (Å²) in [7, 11) is 0. The van der Waals surface area contributed by atoms with Gasteiger partial charge in [-0.1, -0.05) is 36.4 Å². The van der Waals surface area contributed by atoms with Gasteiger partial charge >= 0.3 is 0 Å². The largest absolute Gasteiger partial charge is 0.491 e. The van der Waals surface area contributed by atoms with Gasteiger partial charge in [0, 0.05) is 12.2 Å². The summed E-state index contributed by atoms with van der Waals surface area (Å²) in [6.07, 6.45) is -0.537. The van der Waals surface area contributed by atoms with Crippen LogP contribution >= 0.6 is 0 Å². The standard InChI is InChI=1S/C15H17NO2/c17-14(11-16-13-7-3-1-4-8-13)12-18-15-9-5-2-6-10-15/h1-10,14,16-17H,11-12H2. The molecule has 3 heteroatoms. The summed E-state index contributed by atoms with van der Waals surface area (Å²) in [5.41, 5.74) is 0.997. The van der Waals surface area contributed by atoms with Crippen LogP contribution in [0.2, 0.25) is 0 Å². The molecule has 0 spiro atoms. The van der Waals surface area contributed by atoms with Gasteiger partial charge in [-0.2, -0.15) is 0 Å². The molecule has 0 saturated heterocycles.